The minimum atomic E-state index is -3.09. The third kappa shape index (κ3) is 5.19. The van der Waals surface area contributed by atoms with E-state index in [2.05, 4.69) is 15.2 Å². The van der Waals surface area contributed by atoms with Gasteiger partial charge in [0, 0.05) is 12.1 Å². The van der Waals surface area contributed by atoms with Crippen LogP contribution < -0.4 is 4.90 Å². The van der Waals surface area contributed by atoms with Gasteiger partial charge in [0.15, 0.2) is 9.84 Å². The fraction of sp³-hybridized carbons (Fsp3) is 0.550. The van der Waals surface area contributed by atoms with Crippen LogP contribution in [0.3, 0.4) is 0 Å². The van der Waals surface area contributed by atoms with Crippen LogP contribution >= 0.6 is 11.8 Å². The average molecular weight is 435 g/mol. The Balaban J connectivity index is 1.41. The van der Waals surface area contributed by atoms with E-state index in [0.717, 1.165) is 17.9 Å². The number of carbonyl (C=O) groups excluding carboxylic acids is 1. The van der Waals surface area contributed by atoms with Gasteiger partial charge in [-0.2, -0.15) is 0 Å². The zero-order valence-corrected chi connectivity index (χ0v) is 17.9. The summed E-state index contributed by atoms with van der Waals surface area (Å²) in [6, 6.07) is 8.97. The Bertz CT molecular complexity index is 940. The quantitative estimate of drug-likeness (QED) is 0.673. The van der Waals surface area contributed by atoms with Crippen molar-refractivity contribution in [1.82, 2.24) is 15.2 Å². The second kappa shape index (κ2) is 8.87. The number of benzene rings is 1. The lowest BCUT2D eigenvalue weighted by molar-refractivity contribution is -0.116. The number of hydrogen-bond donors (Lipinski definition) is 1. The van der Waals surface area contributed by atoms with E-state index in [-0.39, 0.29) is 29.2 Å². The Morgan fingerprint density at radius 2 is 1.93 bits per heavy atom. The zero-order chi connectivity index (χ0) is 20.3. The Morgan fingerprint density at radius 1 is 1.17 bits per heavy atom. The molecule has 2 aliphatic rings. The van der Waals surface area contributed by atoms with E-state index in [4.69, 9.17) is 0 Å². The first-order valence-electron chi connectivity index (χ1n) is 10.1. The molecule has 1 saturated heterocycles. The third-order valence-corrected chi connectivity index (χ3v) is 8.25. The fourth-order valence-corrected chi connectivity index (χ4v) is 6.62. The van der Waals surface area contributed by atoms with Gasteiger partial charge < -0.3 is 4.90 Å². The number of hydrogen-bond acceptors (Lipinski definition) is 6. The van der Waals surface area contributed by atoms with Crippen LogP contribution in [0.2, 0.25) is 0 Å². The number of rotatable bonds is 7. The van der Waals surface area contributed by atoms with Gasteiger partial charge in [-0.15, -0.1) is 5.10 Å². The van der Waals surface area contributed by atoms with Gasteiger partial charge in [0.05, 0.1) is 23.3 Å². The van der Waals surface area contributed by atoms with E-state index in [1.165, 1.54) is 37.4 Å². The maximum Gasteiger partial charge on any atom is 0.237 e. The molecule has 1 amide bonds. The molecule has 2 heterocycles. The lowest BCUT2D eigenvalue weighted by atomic mass is 10.0. The van der Waals surface area contributed by atoms with Gasteiger partial charge in [0.2, 0.25) is 11.1 Å². The number of nitrogens with zero attached hydrogens (tertiary/aromatic N) is 3. The van der Waals surface area contributed by atoms with E-state index >= 15 is 0 Å². The van der Waals surface area contributed by atoms with Crippen LogP contribution in [-0.2, 0) is 21.1 Å². The maximum absolute atomic E-state index is 13.0. The van der Waals surface area contributed by atoms with Crippen molar-refractivity contribution in [2.45, 2.75) is 49.7 Å². The number of H-pyrrole nitrogens is 1. The van der Waals surface area contributed by atoms with Gasteiger partial charge in [-0.05, 0) is 24.5 Å². The summed E-state index contributed by atoms with van der Waals surface area (Å²) in [4.78, 5) is 19.2. The van der Waals surface area contributed by atoms with Crippen LogP contribution in [0.15, 0.2) is 35.5 Å². The Labute approximate surface area is 175 Å². The SMILES string of the molecule is O=C(CSc1n[nH]c(CC2CCCC2)n1)N(c1ccccc1)C1CCS(=O)(=O)C1. The highest BCUT2D eigenvalue weighted by Gasteiger charge is 2.35. The lowest BCUT2D eigenvalue weighted by Gasteiger charge is -2.28. The summed E-state index contributed by atoms with van der Waals surface area (Å²) < 4.78 is 23.9. The molecule has 1 aromatic carbocycles. The topological polar surface area (TPSA) is 96.0 Å². The predicted molar refractivity (Wildman–Crippen MR) is 114 cm³/mol. The van der Waals surface area contributed by atoms with Gasteiger partial charge in [-0.1, -0.05) is 55.6 Å². The summed E-state index contributed by atoms with van der Waals surface area (Å²) in [5.74, 6) is 1.77. The largest absolute Gasteiger partial charge is 0.308 e. The summed E-state index contributed by atoms with van der Waals surface area (Å²) in [7, 11) is -3.09. The predicted octanol–water partition coefficient (Wildman–Crippen LogP) is 2.85. The molecule has 0 radical (unpaired) electrons. The molecular weight excluding hydrogens is 408 g/mol. The van der Waals surface area contributed by atoms with E-state index in [9.17, 15) is 13.2 Å². The lowest BCUT2D eigenvalue weighted by Crippen LogP contribution is -2.42. The molecule has 1 atom stereocenters. The summed E-state index contributed by atoms with van der Waals surface area (Å²) in [6.45, 7) is 0. The van der Waals surface area contributed by atoms with Crippen molar-refractivity contribution in [2.75, 3.05) is 22.2 Å². The number of sulfone groups is 1. The van der Waals surface area contributed by atoms with Gasteiger partial charge in [0.1, 0.15) is 5.82 Å². The van der Waals surface area contributed by atoms with E-state index in [1.807, 2.05) is 30.3 Å². The van der Waals surface area contributed by atoms with E-state index in [0.29, 0.717) is 17.5 Å². The van der Waals surface area contributed by atoms with Crippen LogP contribution in [0.25, 0.3) is 0 Å². The zero-order valence-electron chi connectivity index (χ0n) is 16.3. The smallest absolute Gasteiger partial charge is 0.237 e. The second-order valence-electron chi connectivity index (χ2n) is 7.86. The molecule has 1 unspecified atom stereocenters. The summed E-state index contributed by atoms with van der Waals surface area (Å²) in [6.07, 6.45) is 6.47. The molecule has 156 valence electrons. The van der Waals surface area contributed by atoms with E-state index in [1.54, 1.807) is 4.90 Å². The van der Waals surface area contributed by atoms with Crippen molar-refractivity contribution in [1.29, 1.82) is 0 Å². The second-order valence-corrected chi connectivity index (χ2v) is 11.0. The molecule has 0 bridgehead atoms. The minimum absolute atomic E-state index is 0.0183. The molecule has 2 aromatic rings. The fourth-order valence-electron chi connectivity index (χ4n) is 4.24. The highest BCUT2D eigenvalue weighted by molar-refractivity contribution is 7.99. The number of para-hydroxylation sites is 1. The number of amides is 1. The Hall–Kier alpha value is -1.87. The molecule has 1 aliphatic heterocycles. The minimum Gasteiger partial charge on any atom is -0.308 e. The molecule has 9 heteroatoms. The van der Waals surface area contributed by atoms with Crippen LogP contribution in [0.1, 0.15) is 37.9 Å². The first kappa shape index (κ1) is 20.4. The molecule has 1 N–H and O–H groups in total. The highest BCUT2D eigenvalue weighted by Crippen LogP contribution is 2.28. The molecule has 29 heavy (non-hydrogen) atoms. The summed E-state index contributed by atoms with van der Waals surface area (Å²) >= 11 is 1.29. The number of anilines is 1. The van der Waals surface area contributed by atoms with Crippen molar-refractivity contribution in [2.24, 2.45) is 5.92 Å². The molecular formula is C20H26N4O3S2. The first-order chi connectivity index (χ1) is 14.0. The normalized spacial score (nSPS) is 21.4. The molecule has 1 saturated carbocycles. The van der Waals surface area contributed by atoms with E-state index < -0.39 is 9.84 Å². The van der Waals surface area contributed by atoms with Gasteiger partial charge in [-0.25, -0.2) is 13.4 Å². The van der Waals surface area contributed by atoms with Crippen molar-refractivity contribution < 1.29 is 13.2 Å². The molecule has 4 rings (SSSR count). The number of aromatic amines is 1. The highest BCUT2D eigenvalue weighted by atomic mass is 32.2. The summed E-state index contributed by atoms with van der Waals surface area (Å²) in [5.41, 5.74) is 0.733. The summed E-state index contributed by atoms with van der Waals surface area (Å²) in [5, 5.41) is 7.81. The number of carbonyl (C=O) groups is 1. The number of thioether (sulfide) groups is 1. The number of aromatic nitrogens is 3. The van der Waals surface area contributed by atoms with Crippen LogP contribution in [-0.4, -0.2) is 52.8 Å². The van der Waals surface area contributed by atoms with Crippen molar-refractivity contribution in [3.8, 4) is 0 Å². The van der Waals surface area contributed by atoms with Crippen molar-refractivity contribution >= 4 is 33.2 Å². The maximum atomic E-state index is 13.0. The molecule has 1 aliphatic carbocycles. The first-order valence-corrected chi connectivity index (χ1v) is 12.9. The molecule has 1 aromatic heterocycles. The molecule has 7 nitrogen and oxygen atoms in total. The van der Waals surface area contributed by atoms with Crippen molar-refractivity contribution in [3.63, 3.8) is 0 Å². The average Bonchev–Trinajstić information content (AvgIpc) is 3.44. The van der Waals surface area contributed by atoms with Crippen LogP contribution in [0.4, 0.5) is 5.69 Å². The number of nitrogens with one attached hydrogen (secondary N) is 1. The van der Waals surface area contributed by atoms with Crippen LogP contribution in [0, 0.1) is 5.92 Å². The Kier molecular flexibility index (Phi) is 6.24. The third-order valence-electron chi connectivity index (χ3n) is 5.67. The monoisotopic (exact) mass is 434 g/mol. The van der Waals surface area contributed by atoms with Crippen LogP contribution in [0.5, 0.6) is 0 Å². The van der Waals surface area contributed by atoms with Crippen molar-refractivity contribution in [3.05, 3.63) is 36.2 Å². The molecule has 0 spiro atoms. The Morgan fingerprint density at radius 3 is 2.62 bits per heavy atom. The molecule has 2 fully saturated rings. The van der Waals surface area contributed by atoms with Gasteiger partial charge in [0.25, 0.3) is 0 Å². The van der Waals surface area contributed by atoms with Gasteiger partial charge in [-0.3, -0.25) is 9.89 Å². The van der Waals surface area contributed by atoms with Gasteiger partial charge >= 0.3 is 0 Å². The standard InChI is InChI=1S/C20H26N4O3S2/c25-19(13-28-20-21-18(22-23-20)12-15-6-4-5-7-15)24(16-8-2-1-3-9-16)17-10-11-29(26,27)14-17/h1-3,8-9,15,17H,4-7,10-14H2,(H,21,22,23).